The van der Waals surface area contributed by atoms with Crippen molar-refractivity contribution in [2.45, 2.75) is 58.3 Å². The Morgan fingerprint density at radius 2 is 1.94 bits per heavy atom. The van der Waals surface area contributed by atoms with Crippen LogP contribution in [-0.4, -0.2) is 12.4 Å². The first-order chi connectivity index (χ1) is 8.24. The molecule has 2 nitrogen and oxygen atoms in total. The Kier molecular flexibility index (Phi) is 4.43. The van der Waals surface area contributed by atoms with Crippen molar-refractivity contribution >= 4 is 0 Å². The molecular formula is C15H22O2. The molecule has 1 unspecified atom stereocenters. The van der Waals surface area contributed by atoms with Crippen molar-refractivity contribution in [3.63, 3.8) is 0 Å². The molecule has 0 radical (unpaired) electrons. The van der Waals surface area contributed by atoms with E-state index in [-0.39, 0.29) is 6.29 Å². The second-order valence-corrected chi connectivity index (χ2v) is 4.90. The molecule has 0 saturated heterocycles. The zero-order valence-corrected chi connectivity index (χ0v) is 10.8. The minimum atomic E-state index is -0.153. The average Bonchev–Trinajstić information content (AvgIpc) is 2.30. The van der Waals surface area contributed by atoms with Crippen LogP contribution in [0.1, 0.15) is 44.6 Å². The SMILES string of the molecule is Cc1cccc(OC(C)OC2CCCCC2)c1. The van der Waals surface area contributed by atoms with Gasteiger partial charge in [-0.05, 0) is 44.4 Å². The normalized spacial score (nSPS) is 18.9. The lowest BCUT2D eigenvalue weighted by molar-refractivity contribution is -0.116. The highest BCUT2D eigenvalue weighted by molar-refractivity contribution is 5.27. The molecule has 2 rings (SSSR count). The summed E-state index contributed by atoms with van der Waals surface area (Å²) in [6.45, 7) is 4.05. The molecule has 17 heavy (non-hydrogen) atoms. The number of hydrogen-bond donors (Lipinski definition) is 0. The molecule has 94 valence electrons. The zero-order chi connectivity index (χ0) is 12.1. The van der Waals surface area contributed by atoms with E-state index in [9.17, 15) is 0 Å². The third-order valence-corrected chi connectivity index (χ3v) is 3.23. The molecule has 2 heteroatoms. The summed E-state index contributed by atoms with van der Waals surface area (Å²) in [6, 6.07) is 8.10. The van der Waals surface area contributed by atoms with Crippen molar-refractivity contribution in [2.75, 3.05) is 0 Å². The number of aryl methyl sites for hydroxylation is 1. The Bertz CT molecular complexity index is 343. The second-order valence-electron chi connectivity index (χ2n) is 4.90. The molecule has 1 atom stereocenters. The van der Waals surface area contributed by atoms with Crippen LogP contribution in [0.4, 0.5) is 0 Å². The van der Waals surface area contributed by atoms with E-state index >= 15 is 0 Å². The van der Waals surface area contributed by atoms with Crippen molar-refractivity contribution in [1.82, 2.24) is 0 Å². The molecule has 0 N–H and O–H groups in total. The first kappa shape index (κ1) is 12.4. The highest BCUT2D eigenvalue weighted by atomic mass is 16.7. The molecule has 0 bridgehead atoms. The van der Waals surface area contributed by atoms with Crippen LogP contribution in [0.15, 0.2) is 24.3 Å². The maximum absolute atomic E-state index is 5.91. The Morgan fingerprint density at radius 1 is 1.18 bits per heavy atom. The van der Waals surface area contributed by atoms with Gasteiger partial charge in [-0.25, -0.2) is 0 Å². The van der Waals surface area contributed by atoms with Crippen LogP contribution in [0.5, 0.6) is 5.75 Å². The van der Waals surface area contributed by atoms with Gasteiger partial charge in [0.15, 0.2) is 6.29 Å². The van der Waals surface area contributed by atoms with E-state index in [0.29, 0.717) is 6.10 Å². The highest BCUT2D eigenvalue weighted by Crippen LogP contribution is 2.22. The summed E-state index contributed by atoms with van der Waals surface area (Å²) in [5.41, 5.74) is 1.22. The lowest BCUT2D eigenvalue weighted by atomic mass is 9.98. The van der Waals surface area contributed by atoms with E-state index in [2.05, 4.69) is 13.0 Å². The summed E-state index contributed by atoms with van der Waals surface area (Å²) in [6.07, 6.45) is 6.54. The van der Waals surface area contributed by atoms with Crippen LogP contribution >= 0.6 is 0 Å². The molecule has 0 spiro atoms. The molecule has 1 aromatic rings. The number of ether oxygens (including phenoxy) is 2. The minimum Gasteiger partial charge on any atom is -0.465 e. The lowest BCUT2D eigenvalue weighted by Crippen LogP contribution is -2.26. The summed E-state index contributed by atoms with van der Waals surface area (Å²) in [7, 11) is 0. The van der Waals surface area contributed by atoms with Crippen LogP contribution in [0.3, 0.4) is 0 Å². The Morgan fingerprint density at radius 3 is 2.65 bits per heavy atom. The van der Waals surface area contributed by atoms with Crippen molar-refractivity contribution in [3.8, 4) is 5.75 Å². The Hall–Kier alpha value is -1.02. The molecule has 0 aromatic heterocycles. The number of hydrogen-bond acceptors (Lipinski definition) is 2. The van der Waals surface area contributed by atoms with Gasteiger partial charge in [0.05, 0.1) is 6.10 Å². The van der Waals surface area contributed by atoms with Gasteiger partial charge in [-0.3, -0.25) is 0 Å². The first-order valence-corrected chi connectivity index (χ1v) is 6.63. The van der Waals surface area contributed by atoms with Gasteiger partial charge in [0.2, 0.25) is 0 Å². The zero-order valence-electron chi connectivity index (χ0n) is 10.8. The molecule has 1 aliphatic rings. The maximum atomic E-state index is 5.91. The van der Waals surface area contributed by atoms with Gasteiger partial charge in [0.1, 0.15) is 5.75 Å². The molecule has 1 aliphatic carbocycles. The molecule has 0 aliphatic heterocycles. The van der Waals surface area contributed by atoms with Gasteiger partial charge >= 0.3 is 0 Å². The van der Waals surface area contributed by atoms with Crippen molar-refractivity contribution in [3.05, 3.63) is 29.8 Å². The quantitative estimate of drug-likeness (QED) is 0.731. The summed E-state index contributed by atoms with van der Waals surface area (Å²) in [5, 5.41) is 0. The van der Waals surface area contributed by atoms with Gasteiger partial charge in [-0.2, -0.15) is 0 Å². The second kappa shape index (κ2) is 6.06. The van der Waals surface area contributed by atoms with Gasteiger partial charge in [0, 0.05) is 0 Å². The fourth-order valence-electron chi connectivity index (χ4n) is 2.38. The van der Waals surface area contributed by atoms with Crippen LogP contribution in [0.2, 0.25) is 0 Å². The minimum absolute atomic E-state index is 0.153. The largest absolute Gasteiger partial charge is 0.465 e. The first-order valence-electron chi connectivity index (χ1n) is 6.63. The van der Waals surface area contributed by atoms with Gasteiger partial charge in [-0.15, -0.1) is 0 Å². The van der Waals surface area contributed by atoms with Crippen LogP contribution < -0.4 is 4.74 Å². The average molecular weight is 234 g/mol. The predicted octanol–water partition coefficient (Wildman–Crippen LogP) is 4.07. The summed E-state index contributed by atoms with van der Waals surface area (Å²) in [4.78, 5) is 0. The van der Waals surface area contributed by atoms with Crippen LogP contribution in [0, 0.1) is 6.92 Å². The topological polar surface area (TPSA) is 18.5 Å². The smallest absolute Gasteiger partial charge is 0.197 e. The molecule has 1 aromatic carbocycles. The molecule has 0 amide bonds. The Labute approximate surface area is 104 Å². The summed E-state index contributed by atoms with van der Waals surface area (Å²) < 4.78 is 11.7. The van der Waals surface area contributed by atoms with Crippen molar-refractivity contribution < 1.29 is 9.47 Å². The summed E-state index contributed by atoms with van der Waals surface area (Å²) >= 11 is 0. The maximum Gasteiger partial charge on any atom is 0.197 e. The standard InChI is InChI=1S/C15H22O2/c1-12-7-6-10-15(11-12)17-13(2)16-14-8-4-3-5-9-14/h6-7,10-11,13-14H,3-5,8-9H2,1-2H3. The predicted molar refractivity (Wildman–Crippen MR) is 69.2 cm³/mol. The molecule has 0 heterocycles. The van der Waals surface area contributed by atoms with Gasteiger partial charge < -0.3 is 9.47 Å². The number of rotatable bonds is 4. The third kappa shape index (κ3) is 4.04. The molecule has 1 fully saturated rings. The van der Waals surface area contributed by atoms with Gasteiger partial charge in [0.25, 0.3) is 0 Å². The van der Waals surface area contributed by atoms with E-state index in [4.69, 9.17) is 9.47 Å². The monoisotopic (exact) mass is 234 g/mol. The molecular weight excluding hydrogens is 212 g/mol. The highest BCUT2D eigenvalue weighted by Gasteiger charge is 2.17. The van der Waals surface area contributed by atoms with E-state index in [1.54, 1.807) is 0 Å². The van der Waals surface area contributed by atoms with Gasteiger partial charge in [-0.1, -0.05) is 31.4 Å². The lowest BCUT2D eigenvalue weighted by Gasteiger charge is -2.26. The van der Waals surface area contributed by atoms with Crippen molar-refractivity contribution in [1.29, 1.82) is 0 Å². The van der Waals surface area contributed by atoms with Crippen LogP contribution in [0.25, 0.3) is 0 Å². The fourth-order valence-corrected chi connectivity index (χ4v) is 2.38. The van der Waals surface area contributed by atoms with E-state index in [1.807, 2.05) is 25.1 Å². The Balaban J connectivity index is 1.82. The van der Waals surface area contributed by atoms with E-state index in [1.165, 1.54) is 37.7 Å². The third-order valence-electron chi connectivity index (χ3n) is 3.23. The summed E-state index contributed by atoms with van der Waals surface area (Å²) in [5.74, 6) is 0.897. The van der Waals surface area contributed by atoms with E-state index < -0.39 is 0 Å². The number of benzene rings is 1. The fraction of sp³-hybridized carbons (Fsp3) is 0.600. The van der Waals surface area contributed by atoms with Crippen molar-refractivity contribution in [2.24, 2.45) is 0 Å². The van der Waals surface area contributed by atoms with E-state index in [0.717, 1.165) is 5.75 Å². The van der Waals surface area contributed by atoms with Crippen LogP contribution in [-0.2, 0) is 4.74 Å². The molecule has 1 saturated carbocycles.